The van der Waals surface area contributed by atoms with Crippen LogP contribution in [-0.2, 0) is 22.6 Å². The Balaban J connectivity index is 1.84. The zero-order valence-electron chi connectivity index (χ0n) is 18.5. The SMILES string of the molecule is COCCNC(=O)Cn1c2c(c(=O)n3nc(-c4ccccc4)cc13)CN(CC(C)C)C2=O. The van der Waals surface area contributed by atoms with Gasteiger partial charge in [-0.15, -0.1) is 0 Å². The Labute approximate surface area is 185 Å². The van der Waals surface area contributed by atoms with Gasteiger partial charge in [0.2, 0.25) is 5.91 Å². The van der Waals surface area contributed by atoms with Gasteiger partial charge in [0.05, 0.1) is 24.4 Å². The molecule has 2 aromatic heterocycles. The molecule has 9 nitrogen and oxygen atoms in total. The lowest BCUT2D eigenvalue weighted by molar-refractivity contribution is -0.121. The summed E-state index contributed by atoms with van der Waals surface area (Å²) in [5, 5.41) is 7.30. The molecule has 0 fully saturated rings. The summed E-state index contributed by atoms with van der Waals surface area (Å²) in [6, 6.07) is 11.2. The summed E-state index contributed by atoms with van der Waals surface area (Å²) in [5.74, 6) is -0.254. The van der Waals surface area contributed by atoms with Crippen LogP contribution in [0.15, 0.2) is 41.2 Å². The van der Waals surface area contributed by atoms with Crippen molar-refractivity contribution in [1.82, 2.24) is 24.4 Å². The molecule has 0 atom stereocenters. The van der Waals surface area contributed by atoms with Gasteiger partial charge in [-0.3, -0.25) is 14.4 Å². The van der Waals surface area contributed by atoms with E-state index in [0.29, 0.717) is 36.6 Å². The first-order valence-corrected chi connectivity index (χ1v) is 10.7. The van der Waals surface area contributed by atoms with Gasteiger partial charge in [-0.1, -0.05) is 44.2 Å². The van der Waals surface area contributed by atoms with Crippen molar-refractivity contribution >= 4 is 17.5 Å². The molecule has 1 aliphatic heterocycles. The quantitative estimate of drug-likeness (QED) is 0.539. The van der Waals surface area contributed by atoms with Gasteiger partial charge >= 0.3 is 0 Å². The third-order valence-electron chi connectivity index (χ3n) is 5.40. The minimum Gasteiger partial charge on any atom is -0.383 e. The van der Waals surface area contributed by atoms with Crippen LogP contribution in [0.1, 0.15) is 29.9 Å². The number of hydrogen-bond donors (Lipinski definition) is 1. The van der Waals surface area contributed by atoms with E-state index in [9.17, 15) is 14.4 Å². The lowest BCUT2D eigenvalue weighted by Crippen LogP contribution is -2.34. The van der Waals surface area contributed by atoms with Crippen LogP contribution in [0.3, 0.4) is 0 Å². The fourth-order valence-electron chi connectivity index (χ4n) is 4.01. The molecule has 3 aromatic rings. The monoisotopic (exact) mass is 437 g/mol. The van der Waals surface area contributed by atoms with Gasteiger partial charge in [0, 0.05) is 31.8 Å². The van der Waals surface area contributed by atoms with Gasteiger partial charge in [0.15, 0.2) is 0 Å². The van der Waals surface area contributed by atoms with Crippen molar-refractivity contribution in [1.29, 1.82) is 0 Å². The Bertz CT molecular complexity index is 1210. The van der Waals surface area contributed by atoms with Crippen LogP contribution < -0.4 is 10.9 Å². The smallest absolute Gasteiger partial charge is 0.280 e. The van der Waals surface area contributed by atoms with E-state index in [1.807, 2.05) is 44.2 Å². The molecule has 0 saturated carbocycles. The molecular formula is C23H27N5O4. The maximum atomic E-state index is 13.3. The molecule has 2 amide bonds. The van der Waals surface area contributed by atoms with Crippen LogP contribution in [0.25, 0.3) is 16.9 Å². The molecule has 1 aliphatic rings. The first-order valence-electron chi connectivity index (χ1n) is 10.7. The van der Waals surface area contributed by atoms with Crippen molar-refractivity contribution in [2.45, 2.75) is 26.9 Å². The highest BCUT2D eigenvalue weighted by atomic mass is 16.5. The normalized spacial score (nSPS) is 13.2. The van der Waals surface area contributed by atoms with Gasteiger partial charge in [-0.2, -0.15) is 9.61 Å². The number of nitrogens with one attached hydrogen (secondary N) is 1. The van der Waals surface area contributed by atoms with E-state index in [-0.39, 0.29) is 42.1 Å². The maximum absolute atomic E-state index is 13.3. The number of aromatic nitrogens is 3. The summed E-state index contributed by atoms with van der Waals surface area (Å²) < 4.78 is 7.90. The number of carbonyl (C=O) groups excluding carboxylic acids is 2. The van der Waals surface area contributed by atoms with Crippen LogP contribution in [0.2, 0.25) is 0 Å². The van der Waals surface area contributed by atoms with Gasteiger partial charge in [-0.25, -0.2) is 0 Å². The van der Waals surface area contributed by atoms with E-state index < -0.39 is 0 Å². The van der Waals surface area contributed by atoms with Crippen molar-refractivity contribution < 1.29 is 14.3 Å². The Morgan fingerprint density at radius 2 is 1.97 bits per heavy atom. The largest absolute Gasteiger partial charge is 0.383 e. The minimum atomic E-state index is -0.326. The second-order valence-corrected chi connectivity index (χ2v) is 8.31. The Morgan fingerprint density at radius 1 is 1.22 bits per heavy atom. The number of fused-ring (bicyclic) bond motifs is 2. The van der Waals surface area contributed by atoms with E-state index in [4.69, 9.17) is 4.74 Å². The molecule has 9 heteroatoms. The van der Waals surface area contributed by atoms with Gasteiger partial charge in [0.25, 0.3) is 11.5 Å². The number of amides is 2. The molecular weight excluding hydrogens is 410 g/mol. The van der Waals surface area contributed by atoms with Crippen LogP contribution >= 0.6 is 0 Å². The standard InChI is InChI=1S/C23H27N5O4/c1-15(2)12-26-13-17-21(23(26)31)27(14-19(29)24-9-10-32-3)20-11-18(25-28(20)22(17)30)16-7-5-4-6-8-16/h4-8,11,15H,9-10,12-14H2,1-3H3,(H,24,29). The van der Waals surface area contributed by atoms with Crippen molar-refractivity contribution in [3.05, 3.63) is 58.0 Å². The van der Waals surface area contributed by atoms with Crippen LogP contribution in [0.5, 0.6) is 0 Å². The van der Waals surface area contributed by atoms with Crippen molar-refractivity contribution in [3.8, 4) is 11.3 Å². The molecule has 0 saturated heterocycles. The predicted molar refractivity (Wildman–Crippen MR) is 119 cm³/mol. The van der Waals surface area contributed by atoms with E-state index >= 15 is 0 Å². The summed E-state index contributed by atoms with van der Waals surface area (Å²) in [5.41, 5.74) is 2.17. The lowest BCUT2D eigenvalue weighted by atomic mass is 10.1. The molecule has 1 aromatic carbocycles. The Hall–Kier alpha value is -3.46. The number of rotatable bonds is 8. The number of ether oxygens (including phenoxy) is 1. The van der Waals surface area contributed by atoms with Crippen LogP contribution in [-0.4, -0.2) is 57.7 Å². The fraction of sp³-hybridized carbons (Fsp3) is 0.391. The predicted octanol–water partition coefficient (Wildman–Crippen LogP) is 1.54. The first kappa shape index (κ1) is 21.8. The van der Waals surface area contributed by atoms with Crippen LogP contribution in [0.4, 0.5) is 0 Å². The molecule has 32 heavy (non-hydrogen) atoms. The van der Waals surface area contributed by atoms with Gasteiger partial charge < -0.3 is 19.5 Å². The summed E-state index contributed by atoms with van der Waals surface area (Å²) in [7, 11) is 1.56. The van der Waals surface area contributed by atoms with Crippen molar-refractivity contribution in [2.75, 3.05) is 26.8 Å². The highest BCUT2D eigenvalue weighted by Crippen LogP contribution is 2.25. The van der Waals surface area contributed by atoms with Crippen molar-refractivity contribution in [3.63, 3.8) is 0 Å². The van der Waals surface area contributed by atoms with Crippen molar-refractivity contribution in [2.24, 2.45) is 5.92 Å². The summed E-state index contributed by atoms with van der Waals surface area (Å²) in [6.45, 7) is 5.43. The Morgan fingerprint density at radius 3 is 2.66 bits per heavy atom. The summed E-state index contributed by atoms with van der Waals surface area (Å²) >= 11 is 0. The van der Waals surface area contributed by atoms with E-state index in [0.717, 1.165) is 5.56 Å². The molecule has 3 heterocycles. The molecule has 0 bridgehead atoms. The second-order valence-electron chi connectivity index (χ2n) is 8.31. The van der Waals surface area contributed by atoms with Gasteiger partial charge in [0.1, 0.15) is 17.9 Å². The number of methoxy groups -OCH3 is 1. The maximum Gasteiger partial charge on any atom is 0.280 e. The average Bonchev–Trinajstić information content (AvgIpc) is 3.35. The zero-order chi connectivity index (χ0) is 22.8. The average molecular weight is 438 g/mol. The summed E-state index contributed by atoms with van der Waals surface area (Å²) in [6.07, 6.45) is 0. The molecule has 0 unspecified atom stereocenters. The molecule has 4 rings (SSSR count). The second kappa shape index (κ2) is 8.96. The number of carbonyl (C=O) groups is 2. The number of nitrogens with zero attached hydrogens (tertiary/aromatic N) is 4. The van der Waals surface area contributed by atoms with Crippen LogP contribution in [0, 0.1) is 5.92 Å². The molecule has 0 spiro atoms. The zero-order valence-corrected chi connectivity index (χ0v) is 18.5. The summed E-state index contributed by atoms with van der Waals surface area (Å²) in [4.78, 5) is 40.8. The highest BCUT2D eigenvalue weighted by Gasteiger charge is 2.35. The van der Waals surface area contributed by atoms with E-state index in [1.54, 1.807) is 22.6 Å². The first-order chi connectivity index (χ1) is 15.4. The number of benzene rings is 1. The minimum absolute atomic E-state index is 0.100. The molecule has 0 aliphatic carbocycles. The van der Waals surface area contributed by atoms with E-state index in [2.05, 4.69) is 10.4 Å². The highest BCUT2D eigenvalue weighted by molar-refractivity contribution is 5.98. The topological polar surface area (TPSA) is 97.9 Å². The molecule has 0 radical (unpaired) electrons. The third-order valence-corrected chi connectivity index (χ3v) is 5.40. The van der Waals surface area contributed by atoms with E-state index in [1.165, 1.54) is 4.52 Å². The lowest BCUT2D eigenvalue weighted by Gasteiger charge is -2.18. The fourth-order valence-corrected chi connectivity index (χ4v) is 4.01. The third kappa shape index (κ3) is 4.03. The van der Waals surface area contributed by atoms with Gasteiger partial charge in [-0.05, 0) is 5.92 Å². The molecule has 1 N–H and O–H groups in total. The Kier molecular flexibility index (Phi) is 6.09. The number of hydrogen-bond acceptors (Lipinski definition) is 5. The molecule has 168 valence electrons.